The van der Waals surface area contributed by atoms with Gasteiger partial charge in [0.05, 0.1) is 16.6 Å². The zero-order valence-electron chi connectivity index (χ0n) is 14.3. The van der Waals surface area contributed by atoms with Gasteiger partial charge in [0.15, 0.2) is 0 Å². The van der Waals surface area contributed by atoms with Crippen LogP contribution in [0, 0.1) is 0 Å². The fourth-order valence-corrected chi connectivity index (χ4v) is 4.84. The van der Waals surface area contributed by atoms with Crippen LogP contribution < -0.4 is 5.32 Å². The fraction of sp³-hybridized carbons (Fsp3) is 0.100. The minimum absolute atomic E-state index is 0.101. The van der Waals surface area contributed by atoms with Crippen LogP contribution in [0.5, 0.6) is 0 Å². The lowest BCUT2D eigenvalue weighted by molar-refractivity contribution is -0.117. The molecule has 1 N–H and O–H groups in total. The summed E-state index contributed by atoms with van der Waals surface area (Å²) in [5, 5.41) is 5.54. The van der Waals surface area contributed by atoms with Gasteiger partial charge in [-0.25, -0.2) is 0 Å². The third-order valence-electron chi connectivity index (χ3n) is 4.44. The van der Waals surface area contributed by atoms with Gasteiger partial charge in [0.1, 0.15) is 6.54 Å². The van der Waals surface area contributed by atoms with Gasteiger partial charge in [-0.05, 0) is 47.8 Å². The lowest BCUT2D eigenvalue weighted by atomic mass is 10.0. The molecule has 0 aliphatic carbocycles. The van der Waals surface area contributed by atoms with E-state index in [1.54, 1.807) is 12.1 Å². The van der Waals surface area contributed by atoms with Crippen molar-refractivity contribution in [1.29, 1.82) is 0 Å². The smallest absolute Gasteiger partial charge is 0.256 e. The summed E-state index contributed by atoms with van der Waals surface area (Å²) in [6.07, 6.45) is 0. The normalized spacial score (nSPS) is 16.3. The molecule has 4 rings (SSSR count). The Bertz CT molecular complexity index is 1070. The Labute approximate surface area is 184 Å². The van der Waals surface area contributed by atoms with Crippen molar-refractivity contribution < 1.29 is 9.59 Å². The number of halogens is 3. The number of rotatable bonds is 2. The molecule has 0 saturated heterocycles. The summed E-state index contributed by atoms with van der Waals surface area (Å²) in [6.45, 7) is -0.101. The predicted octanol–water partition coefficient (Wildman–Crippen LogP) is 6.00. The van der Waals surface area contributed by atoms with Gasteiger partial charge in [-0.1, -0.05) is 45.2 Å². The highest BCUT2D eigenvalue weighted by Crippen LogP contribution is 2.40. The second-order valence-corrected chi connectivity index (χ2v) is 8.99. The fourth-order valence-electron chi connectivity index (χ4n) is 3.24. The first-order valence-corrected chi connectivity index (χ1v) is 10.8. The lowest BCUT2D eigenvalue weighted by Crippen LogP contribution is -2.38. The van der Waals surface area contributed by atoms with Gasteiger partial charge in [-0.15, -0.1) is 11.3 Å². The monoisotopic (exact) mass is 494 g/mol. The van der Waals surface area contributed by atoms with Crippen LogP contribution in [0.2, 0.25) is 10.0 Å². The van der Waals surface area contributed by atoms with Crippen molar-refractivity contribution in [1.82, 2.24) is 4.90 Å². The van der Waals surface area contributed by atoms with Gasteiger partial charge in [0, 0.05) is 25.6 Å². The molecule has 2 amide bonds. The van der Waals surface area contributed by atoms with E-state index < -0.39 is 6.04 Å². The van der Waals surface area contributed by atoms with Crippen molar-refractivity contribution in [3.63, 3.8) is 0 Å². The molecule has 0 bridgehead atoms. The molecule has 4 nitrogen and oxygen atoms in total. The number of nitrogens with one attached hydrogen (secondary N) is 1. The third kappa shape index (κ3) is 3.70. The molecule has 1 aliphatic heterocycles. The van der Waals surface area contributed by atoms with Crippen molar-refractivity contribution >= 4 is 68.0 Å². The molecule has 1 aliphatic rings. The molecule has 0 fully saturated rings. The second-order valence-electron chi connectivity index (χ2n) is 6.25. The van der Waals surface area contributed by atoms with Crippen LogP contribution in [-0.2, 0) is 4.79 Å². The molecular weight excluding hydrogens is 483 g/mol. The van der Waals surface area contributed by atoms with E-state index in [1.165, 1.54) is 22.3 Å². The molecule has 0 radical (unpaired) electrons. The van der Waals surface area contributed by atoms with Crippen molar-refractivity contribution in [3.8, 4) is 0 Å². The Balaban J connectivity index is 1.90. The minimum Gasteiger partial charge on any atom is -0.324 e. The maximum Gasteiger partial charge on any atom is 0.256 e. The van der Waals surface area contributed by atoms with Gasteiger partial charge in [0.2, 0.25) is 5.91 Å². The van der Waals surface area contributed by atoms with Crippen molar-refractivity contribution in [3.05, 3.63) is 84.4 Å². The minimum atomic E-state index is -0.436. The third-order valence-corrected chi connectivity index (χ3v) is 6.42. The van der Waals surface area contributed by atoms with Crippen LogP contribution in [0.1, 0.15) is 26.8 Å². The van der Waals surface area contributed by atoms with E-state index >= 15 is 0 Å². The molecule has 2 heterocycles. The summed E-state index contributed by atoms with van der Waals surface area (Å²) in [6, 6.07) is 13.8. The largest absolute Gasteiger partial charge is 0.324 e. The van der Waals surface area contributed by atoms with Crippen LogP contribution in [0.3, 0.4) is 0 Å². The first-order valence-electron chi connectivity index (χ1n) is 8.33. The van der Waals surface area contributed by atoms with E-state index in [-0.39, 0.29) is 23.9 Å². The number of thiophene rings is 1. The number of benzene rings is 2. The average Bonchev–Trinajstić information content (AvgIpc) is 3.14. The van der Waals surface area contributed by atoms with Crippen molar-refractivity contribution in [2.45, 2.75) is 6.04 Å². The number of nitrogens with zero attached hydrogens (tertiary/aromatic N) is 1. The summed E-state index contributed by atoms with van der Waals surface area (Å²) < 4.78 is 0.858. The Kier molecular flexibility index (Phi) is 5.47. The summed E-state index contributed by atoms with van der Waals surface area (Å²) >= 11 is 17.4. The molecule has 8 heteroatoms. The van der Waals surface area contributed by atoms with Gasteiger partial charge >= 0.3 is 0 Å². The number of hydrogen-bond acceptors (Lipinski definition) is 3. The summed E-state index contributed by atoms with van der Waals surface area (Å²) in [5.74, 6) is -0.622. The van der Waals surface area contributed by atoms with E-state index in [1.807, 2.05) is 35.7 Å². The molecule has 1 aromatic heterocycles. The van der Waals surface area contributed by atoms with Crippen LogP contribution >= 0.6 is 50.5 Å². The predicted molar refractivity (Wildman–Crippen MR) is 116 cm³/mol. The number of amides is 2. The first kappa shape index (κ1) is 19.5. The first-order chi connectivity index (χ1) is 13.4. The molecule has 0 spiro atoms. The zero-order valence-corrected chi connectivity index (χ0v) is 18.2. The number of carbonyl (C=O) groups is 2. The Hall–Kier alpha value is -1.86. The Morgan fingerprint density at radius 2 is 2.00 bits per heavy atom. The summed E-state index contributed by atoms with van der Waals surface area (Å²) in [5.41, 5.74) is 1.77. The quantitative estimate of drug-likeness (QED) is 0.473. The molecule has 142 valence electrons. The van der Waals surface area contributed by atoms with Crippen molar-refractivity contribution in [2.75, 3.05) is 11.9 Å². The maximum atomic E-state index is 13.5. The van der Waals surface area contributed by atoms with E-state index in [4.69, 9.17) is 23.2 Å². The van der Waals surface area contributed by atoms with Gasteiger partial charge in [-0.2, -0.15) is 0 Å². The Morgan fingerprint density at radius 3 is 2.75 bits per heavy atom. The van der Waals surface area contributed by atoms with E-state index in [0.29, 0.717) is 15.7 Å². The van der Waals surface area contributed by atoms with Gasteiger partial charge in [-0.3, -0.25) is 9.59 Å². The molecule has 3 aromatic rings. The van der Waals surface area contributed by atoms with Crippen LogP contribution in [0.15, 0.2) is 58.4 Å². The van der Waals surface area contributed by atoms with Crippen LogP contribution in [-0.4, -0.2) is 23.3 Å². The molecular formula is C20H13BrCl2N2O2S. The molecule has 2 aromatic carbocycles. The lowest BCUT2D eigenvalue weighted by Gasteiger charge is -2.30. The summed E-state index contributed by atoms with van der Waals surface area (Å²) in [4.78, 5) is 28.5. The average molecular weight is 496 g/mol. The van der Waals surface area contributed by atoms with E-state index in [9.17, 15) is 9.59 Å². The maximum absolute atomic E-state index is 13.5. The van der Waals surface area contributed by atoms with Gasteiger partial charge < -0.3 is 10.2 Å². The number of fused-ring (bicyclic) bond motifs is 1. The molecule has 1 unspecified atom stereocenters. The van der Waals surface area contributed by atoms with Crippen LogP contribution in [0.4, 0.5) is 5.69 Å². The molecule has 28 heavy (non-hydrogen) atoms. The number of carbonyl (C=O) groups excluding carboxylic acids is 2. The molecule has 0 saturated carbocycles. The molecule has 1 atom stereocenters. The standard InChI is InChI=1S/C20H13BrCl2N2O2S/c21-11-3-6-16-14(8-11)19(17-2-1-7-28-17)25(10-18(26)24-16)20(27)13-9-12(22)4-5-15(13)23/h1-9,19H,10H2,(H,24,26). The van der Waals surface area contributed by atoms with Crippen molar-refractivity contribution in [2.24, 2.45) is 0 Å². The van der Waals surface area contributed by atoms with Gasteiger partial charge in [0.25, 0.3) is 5.91 Å². The zero-order chi connectivity index (χ0) is 19.8. The highest BCUT2D eigenvalue weighted by Gasteiger charge is 2.35. The van der Waals surface area contributed by atoms with E-state index in [2.05, 4.69) is 21.2 Å². The highest BCUT2D eigenvalue weighted by atomic mass is 79.9. The van der Waals surface area contributed by atoms with E-state index in [0.717, 1.165) is 14.9 Å². The summed E-state index contributed by atoms with van der Waals surface area (Å²) in [7, 11) is 0. The Morgan fingerprint density at radius 1 is 1.18 bits per heavy atom. The SMILES string of the molecule is O=C1CN(C(=O)c2cc(Cl)ccc2Cl)C(c2cccs2)c2cc(Br)ccc2N1. The highest BCUT2D eigenvalue weighted by molar-refractivity contribution is 9.10. The number of anilines is 1. The topological polar surface area (TPSA) is 49.4 Å². The number of hydrogen-bond donors (Lipinski definition) is 1. The van der Waals surface area contributed by atoms with Crippen LogP contribution in [0.25, 0.3) is 0 Å². The second kappa shape index (κ2) is 7.87.